The molecule has 0 aliphatic carbocycles. The summed E-state index contributed by atoms with van der Waals surface area (Å²) in [6.45, 7) is 8.35. The Hall–Kier alpha value is -1.14. The Morgan fingerprint density at radius 3 is 2.90 bits per heavy atom. The summed E-state index contributed by atoms with van der Waals surface area (Å²) in [7, 11) is 0. The number of carbonyl (C=O) groups is 1. The SMILES string of the molecule is CCC[C@H](C)NC(=O)CSc1ncnc2sc(C)c(C)c12. The Morgan fingerprint density at radius 2 is 2.19 bits per heavy atom. The Bertz CT molecular complexity index is 639. The van der Waals surface area contributed by atoms with Crippen LogP contribution in [0.3, 0.4) is 0 Å². The standard InChI is InChI=1S/C15H21N3OS2/c1-5-6-9(2)18-12(19)7-20-14-13-10(3)11(4)21-15(13)17-8-16-14/h8-9H,5-7H2,1-4H3,(H,18,19)/t9-/m0/s1. The quantitative estimate of drug-likeness (QED) is 0.650. The van der Waals surface area contributed by atoms with Crippen molar-refractivity contribution in [3.05, 3.63) is 16.8 Å². The molecule has 0 aliphatic heterocycles. The number of carbonyl (C=O) groups excluding carboxylic acids is 1. The van der Waals surface area contributed by atoms with E-state index in [1.165, 1.54) is 22.2 Å². The molecular weight excluding hydrogens is 302 g/mol. The van der Waals surface area contributed by atoms with Gasteiger partial charge in [-0.3, -0.25) is 4.79 Å². The molecule has 2 aromatic rings. The fourth-order valence-corrected chi connectivity index (χ4v) is 4.14. The molecule has 0 radical (unpaired) electrons. The Morgan fingerprint density at radius 1 is 1.43 bits per heavy atom. The predicted octanol–water partition coefficient (Wildman–Crippen LogP) is 3.71. The van der Waals surface area contributed by atoms with Crippen LogP contribution in [0.25, 0.3) is 10.2 Å². The summed E-state index contributed by atoms with van der Waals surface area (Å²) in [6, 6.07) is 0.235. The average Bonchev–Trinajstić information content (AvgIpc) is 2.73. The van der Waals surface area contributed by atoms with Crippen molar-refractivity contribution in [2.75, 3.05) is 5.75 Å². The predicted molar refractivity (Wildman–Crippen MR) is 90.1 cm³/mol. The van der Waals surface area contributed by atoms with E-state index >= 15 is 0 Å². The summed E-state index contributed by atoms with van der Waals surface area (Å²) in [5.74, 6) is 0.464. The zero-order valence-corrected chi connectivity index (χ0v) is 14.5. The summed E-state index contributed by atoms with van der Waals surface area (Å²) < 4.78 is 0. The van der Waals surface area contributed by atoms with Gasteiger partial charge >= 0.3 is 0 Å². The van der Waals surface area contributed by atoms with Crippen molar-refractivity contribution in [3.63, 3.8) is 0 Å². The molecule has 0 bridgehead atoms. The monoisotopic (exact) mass is 323 g/mol. The third-order valence-corrected chi connectivity index (χ3v) is 5.50. The average molecular weight is 323 g/mol. The van der Waals surface area contributed by atoms with Gasteiger partial charge in [0, 0.05) is 16.3 Å². The van der Waals surface area contributed by atoms with Crippen LogP contribution in [0.15, 0.2) is 11.4 Å². The van der Waals surface area contributed by atoms with E-state index in [0.717, 1.165) is 28.1 Å². The van der Waals surface area contributed by atoms with E-state index in [1.807, 2.05) is 6.92 Å². The zero-order chi connectivity index (χ0) is 15.4. The number of hydrogen-bond acceptors (Lipinski definition) is 5. The molecule has 0 aliphatic rings. The van der Waals surface area contributed by atoms with E-state index in [1.54, 1.807) is 17.7 Å². The molecule has 0 saturated carbocycles. The van der Waals surface area contributed by atoms with Gasteiger partial charge in [-0.25, -0.2) is 9.97 Å². The van der Waals surface area contributed by atoms with Gasteiger partial charge in [0.2, 0.25) is 5.91 Å². The topological polar surface area (TPSA) is 54.9 Å². The number of thiophene rings is 1. The van der Waals surface area contributed by atoms with Crippen molar-refractivity contribution >= 4 is 39.2 Å². The molecule has 1 atom stereocenters. The van der Waals surface area contributed by atoms with E-state index in [9.17, 15) is 4.79 Å². The number of aryl methyl sites for hydroxylation is 2. The molecule has 2 heterocycles. The van der Waals surface area contributed by atoms with Gasteiger partial charge in [-0.2, -0.15) is 0 Å². The summed E-state index contributed by atoms with van der Waals surface area (Å²) >= 11 is 3.17. The van der Waals surface area contributed by atoms with Crippen LogP contribution in [0.2, 0.25) is 0 Å². The van der Waals surface area contributed by atoms with Crippen molar-refractivity contribution in [1.29, 1.82) is 0 Å². The van der Waals surface area contributed by atoms with Crippen LogP contribution in [-0.2, 0) is 4.79 Å². The number of fused-ring (bicyclic) bond motifs is 1. The summed E-state index contributed by atoms with van der Waals surface area (Å²) in [4.78, 5) is 22.9. The number of hydrogen-bond donors (Lipinski definition) is 1. The van der Waals surface area contributed by atoms with Crippen LogP contribution in [0.4, 0.5) is 0 Å². The first-order valence-corrected chi connectivity index (χ1v) is 8.96. The molecule has 1 N–H and O–H groups in total. The van der Waals surface area contributed by atoms with Gasteiger partial charge in [-0.15, -0.1) is 11.3 Å². The first-order chi connectivity index (χ1) is 10.0. The highest BCUT2D eigenvalue weighted by Gasteiger charge is 2.14. The highest BCUT2D eigenvalue weighted by Crippen LogP contribution is 2.34. The lowest BCUT2D eigenvalue weighted by atomic mass is 10.2. The summed E-state index contributed by atoms with van der Waals surface area (Å²) in [5, 5.41) is 5.02. The lowest BCUT2D eigenvalue weighted by Crippen LogP contribution is -2.33. The van der Waals surface area contributed by atoms with Crippen LogP contribution >= 0.6 is 23.1 Å². The zero-order valence-electron chi connectivity index (χ0n) is 12.9. The maximum atomic E-state index is 12.0. The van der Waals surface area contributed by atoms with Crippen LogP contribution in [-0.4, -0.2) is 27.7 Å². The van der Waals surface area contributed by atoms with Gasteiger partial charge in [0.05, 0.1) is 5.75 Å². The van der Waals surface area contributed by atoms with Crippen LogP contribution in [0.5, 0.6) is 0 Å². The first-order valence-electron chi connectivity index (χ1n) is 7.15. The van der Waals surface area contributed by atoms with Crippen molar-refractivity contribution in [1.82, 2.24) is 15.3 Å². The summed E-state index contributed by atoms with van der Waals surface area (Å²) in [6.07, 6.45) is 3.67. The van der Waals surface area contributed by atoms with Crippen LogP contribution in [0, 0.1) is 13.8 Å². The second-order valence-corrected chi connectivity index (χ2v) is 7.36. The number of rotatable bonds is 6. The lowest BCUT2D eigenvalue weighted by Gasteiger charge is -2.12. The van der Waals surface area contributed by atoms with Crippen molar-refractivity contribution < 1.29 is 4.79 Å². The van der Waals surface area contributed by atoms with E-state index in [0.29, 0.717) is 5.75 Å². The van der Waals surface area contributed by atoms with Crippen LogP contribution in [0.1, 0.15) is 37.1 Å². The van der Waals surface area contributed by atoms with Gasteiger partial charge in [0.15, 0.2) is 0 Å². The normalized spacial score (nSPS) is 12.6. The largest absolute Gasteiger partial charge is 0.353 e. The number of amides is 1. The van der Waals surface area contributed by atoms with Gasteiger partial charge in [-0.1, -0.05) is 25.1 Å². The highest BCUT2D eigenvalue weighted by molar-refractivity contribution is 8.00. The minimum Gasteiger partial charge on any atom is -0.353 e. The molecule has 0 aromatic carbocycles. The van der Waals surface area contributed by atoms with Gasteiger partial charge in [0.25, 0.3) is 0 Å². The molecule has 0 fully saturated rings. The molecule has 2 aromatic heterocycles. The molecule has 114 valence electrons. The molecular formula is C15H21N3OS2. The second kappa shape index (κ2) is 7.22. The maximum Gasteiger partial charge on any atom is 0.230 e. The van der Waals surface area contributed by atoms with Crippen LogP contribution < -0.4 is 5.32 Å². The Kier molecular flexibility index (Phi) is 5.58. The van der Waals surface area contributed by atoms with Crippen molar-refractivity contribution in [2.45, 2.75) is 51.6 Å². The third kappa shape index (κ3) is 3.95. The Balaban J connectivity index is 2.05. The first kappa shape index (κ1) is 16.2. The van der Waals surface area contributed by atoms with E-state index in [-0.39, 0.29) is 11.9 Å². The number of nitrogens with zero attached hydrogens (tertiary/aromatic N) is 2. The highest BCUT2D eigenvalue weighted by atomic mass is 32.2. The van der Waals surface area contributed by atoms with Gasteiger partial charge in [-0.05, 0) is 32.8 Å². The van der Waals surface area contributed by atoms with Gasteiger partial charge in [0.1, 0.15) is 16.2 Å². The fourth-order valence-electron chi connectivity index (χ4n) is 2.22. The van der Waals surface area contributed by atoms with Gasteiger partial charge < -0.3 is 5.32 Å². The number of thioether (sulfide) groups is 1. The number of nitrogens with one attached hydrogen (secondary N) is 1. The number of aromatic nitrogens is 2. The molecule has 4 nitrogen and oxygen atoms in total. The summed E-state index contributed by atoms with van der Waals surface area (Å²) in [5.41, 5.74) is 1.22. The molecule has 2 rings (SSSR count). The van der Waals surface area contributed by atoms with E-state index < -0.39 is 0 Å². The maximum absolute atomic E-state index is 12.0. The third-order valence-electron chi connectivity index (χ3n) is 3.40. The minimum atomic E-state index is 0.0670. The van der Waals surface area contributed by atoms with Crippen molar-refractivity contribution in [3.8, 4) is 0 Å². The van der Waals surface area contributed by atoms with Crippen molar-refractivity contribution in [2.24, 2.45) is 0 Å². The molecule has 0 spiro atoms. The fraction of sp³-hybridized carbons (Fsp3) is 0.533. The molecule has 6 heteroatoms. The molecule has 21 heavy (non-hydrogen) atoms. The minimum absolute atomic E-state index is 0.0670. The molecule has 0 saturated heterocycles. The van der Waals surface area contributed by atoms with E-state index in [2.05, 4.69) is 36.1 Å². The molecule has 1 amide bonds. The molecule has 0 unspecified atom stereocenters. The smallest absolute Gasteiger partial charge is 0.230 e. The second-order valence-electron chi connectivity index (χ2n) is 5.19. The Labute approximate surface area is 133 Å². The lowest BCUT2D eigenvalue weighted by molar-refractivity contribution is -0.119. The van der Waals surface area contributed by atoms with E-state index in [4.69, 9.17) is 0 Å².